The fourth-order valence-corrected chi connectivity index (χ4v) is 3.44. The maximum Gasteiger partial charge on any atom is 0.319 e. The summed E-state index contributed by atoms with van der Waals surface area (Å²) in [6.45, 7) is 3.45. The first-order chi connectivity index (χ1) is 12.9. The minimum absolute atomic E-state index is 0.0320. The third-order valence-corrected chi connectivity index (χ3v) is 5.07. The summed E-state index contributed by atoms with van der Waals surface area (Å²) in [4.78, 5) is 26.0. The van der Waals surface area contributed by atoms with E-state index in [0.717, 1.165) is 31.5 Å². The van der Waals surface area contributed by atoms with Gasteiger partial charge in [-0.2, -0.15) is 0 Å². The largest absolute Gasteiger partial charge is 0.388 e. The number of anilines is 1. The number of nitrogens with one attached hydrogen (secondary N) is 2. The zero-order valence-electron chi connectivity index (χ0n) is 15.4. The standard InChI is InChI=1S/C19H27N3O5/c1-12-4-6-13(7-5-12)21-19(26)20-11-15-18(25)17(24)14(27-15)10-16(23)22-8-2-3-9-22/h4-7,14-15,17-18,24-25H,2-3,8-11H2,1H3,(H2,20,21,26)/t14-,15-,17-,18+/m0/s1. The van der Waals surface area contributed by atoms with Gasteiger partial charge in [0.2, 0.25) is 5.91 Å². The second-order valence-corrected chi connectivity index (χ2v) is 7.19. The molecule has 1 aromatic carbocycles. The first-order valence-electron chi connectivity index (χ1n) is 9.35. The van der Waals surface area contributed by atoms with Gasteiger partial charge in [0.25, 0.3) is 0 Å². The number of aryl methyl sites for hydroxylation is 1. The van der Waals surface area contributed by atoms with Crippen LogP contribution in [0.1, 0.15) is 24.8 Å². The van der Waals surface area contributed by atoms with E-state index >= 15 is 0 Å². The highest BCUT2D eigenvalue weighted by atomic mass is 16.5. The number of ether oxygens (including phenoxy) is 1. The van der Waals surface area contributed by atoms with Crippen molar-refractivity contribution in [3.8, 4) is 0 Å². The first kappa shape index (κ1) is 19.6. The lowest BCUT2D eigenvalue weighted by molar-refractivity contribution is -0.134. The normalized spacial score (nSPS) is 27.6. The predicted molar refractivity (Wildman–Crippen MR) is 99.3 cm³/mol. The summed E-state index contributed by atoms with van der Waals surface area (Å²) in [5.74, 6) is -0.0746. The number of benzene rings is 1. The number of rotatable bonds is 5. The summed E-state index contributed by atoms with van der Waals surface area (Å²) in [6, 6.07) is 6.93. The van der Waals surface area contributed by atoms with E-state index in [4.69, 9.17) is 4.74 Å². The van der Waals surface area contributed by atoms with E-state index in [2.05, 4.69) is 10.6 Å². The molecule has 0 aliphatic carbocycles. The molecule has 8 heteroatoms. The van der Waals surface area contributed by atoms with E-state index in [-0.39, 0.29) is 18.9 Å². The van der Waals surface area contributed by atoms with Crippen LogP contribution < -0.4 is 10.6 Å². The average Bonchev–Trinajstić information content (AvgIpc) is 3.27. The lowest BCUT2D eigenvalue weighted by Crippen LogP contribution is -2.41. The number of nitrogens with zero attached hydrogens (tertiary/aromatic N) is 1. The lowest BCUT2D eigenvalue weighted by atomic mass is 10.1. The highest BCUT2D eigenvalue weighted by Gasteiger charge is 2.43. The zero-order valence-corrected chi connectivity index (χ0v) is 15.4. The van der Waals surface area contributed by atoms with E-state index in [1.807, 2.05) is 19.1 Å². The van der Waals surface area contributed by atoms with Crippen LogP contribution in [0.4, 0.5) is 10.5 Å². The van der Waals surface area contributed by atoms with Crippen LogP contribution in [0.15, 0.2) is 24.3 Å². The van der Waals surface area contributed by atoms with Gasteiger partial charge in [0.15, 0.2) is 0 Å². The van der Waals surface area contributed by atoms with E-state index < -0.39 is 30.4 Å². The molecule has 3 amide bonds. The van der Waals surface area contributed by atoms with Crippen molar-refractivity contribution in [1.82, 2.24) is 10.2 Å². The molecule has 0 bridgehead atoms. The molecule has 4 atom stereocenters. The number of amides is 3. The molecule has 0 saturated carbocycles. The molecule has 0 radical (unpaired) electrons. The molecule has 0 aromatic heterocycles. The number of carbonyl (C=O) groups is 2. The number of hydrogen-bond acceptors (Lipinski definition) is 5. The Labute approximate surface area is 158 Å². The maximum absolute atomic E-state index is 12.2. The van der Waals surface area contributed by atoms with E-state index in [0.29, 0.717) is 5.69 Å². The van der Waals surface area contributed by atoms with Crippen molar-refractivity contribution in [2.75, 3.05) is 25.0 Å². The Morgan fingerprint density at radius 1 is 1.11 bits per heavy atom. The van der Waals surface area contributed by atoms with Crippen molar-refractivity contribution < 1.29 is 24.5 Å². The van der Waals surface area contributed by atoms with Crippen LogP contribution in [-0.2, 0) is 9.53 Å². The Morgan fingerprint density at radius 2 is 1.74 bits per heavy atom. The topological polar surface area (TPSA) is 111 Å². The number of likely N-dealkylation sites (tertiary alicyclic amines) is 1. The van der Waals surface area contributed by atoms with Crippen LogP contribution >= 0.6 is 0 Å². The molecule has 2 heterocycles. The Balaban J connectivity index is 1.46. The Bertz CT molecular complexity index is 660. The Hall–Kier alpha value is -2.16. The molecule has 27 heavy (non-hydrogen) atoms. The molecule has 2 fully saturated rings. The van der Waals surface area contributed by atoms with E-state index in [1.165, 1.54) is 0 Å². The predicted octanol–water partition coefficient (Wildman–Crippen LogP) is 0.618. The molecule has 1 aromatic rings. The van der Waals surface area contributed by atoms with Gasteiger partial charge in [0.1, 0.15) is 18.3 Å². The van der Waals surface area contributed by atoms with Gasteiger partial charge in [-0.15, -0.1) is 0 Å². The minimum Gasteiger partial charge on any atom is -0.388 e. The molecule has 4 N–H and O–H groups in total. The van der Waals surface area contributed by atoms with Gasteiger partial charge in [-0.3, -0.25) is 4.79 Å². The number of aliphatic hydroxyl groups is 2. The van der Waals surface area contributed by atoms with Crippen LogP contribution in [0.3, 0.4) is 0 Å². The van der Waals surface area contributed by atoms with Crippen molar-refractivity contribution in [3.05, 3.63) is 29.8 Å². The highest BCUT2D eigenvalue weighted by molar-refractivity contribution is 5.89. The first-order valence-corrected chi connectivity index (χ1v) is 9.35. The van der Waals surface area contributed by atoms with Gasteiger partial charge in [-0.1, -0.05) is 17.7 Å². The van der Waals surface area contributed by atoms with Gasteiger partial charge in [0, 0.05) is 25.3 Å². The van der Waals surface area contributed by atoms with Gasteiger partial charge in [0.05, 0.1) is 12.5 Å². The number of hydrogen-bond donors (Lipinski definition) is 4. The molecular weight excluding hydrogens is 350 g/mol. The SMILES string of the molecule is Cc1ccc(NC(=O)NC[C@@H]2O[C@@H](CC(=O)N3CCCC3)[C@H](O)[C@@H]2O)cc1. The molecule has 148 valence electrons. The monoisotopic (exact) mass is 377 g/mol. The van der Waals surface area contributed by atoms with E-state index in [9.17, 15) is 19.8 Å². The summed E-state index contributed by atoms with van der Waals surface area (Å²) < 4.78 is 5.64. The fraction of sp³-hybridized carbons (Fsp3) is 0.579. The van der Waals surface area contributed by atoms with Crippen LogP contribution in [0.5, 0.6) is 0 Å². The average molecular weight is 377 g/mol. The molecule has 3 rings (SSSR count). The third kappa shape index (κ3) is 4.97. The van der Waals surface area contributed by atoms with Crippen LogP contribution in [0.25, 0.3) is 0 Å². The summed E-state index contributed by atoms with van der Waals surface area (Å²) in [6.07, 6.45) is -1.81. The number of aliphatic hydroxyl groups excluding tert-OH is 2. The summed E-state index contributed by atoms with van der Waals surface area (Å²) >= 11 is 0. The van der Waals surface area contributed by atoms with Crippen molar-refractivity contribution in [2.45, 2.75) is 50.6 Å². The number of urea groups is 1. The summed E-state index contributed by atoms with van der Waals surface area (Å²) in [7, 11) is 0. The molecule has 2 aliphatic heterocycles. The van der Waals surface area contributed by atoms with Crippen molar-refractivity contribution in [3.63, 3.8) is 0 Å². The van der Waals surface area contributed by atoms with Crippen molar-refractivity contribution >= 4 is 17.6 Å². The highest BCUT2D eigenvalue weighted by Crippen LogP contribution is 2.24. The quantitative estimate of drug-likeness (QED) is 0.601. The molecule has 0 unspecified atom stereocenters. The second kappa shape index (κ2) is 8.69. The lowest BCUT2D eigenvalue weighted by Gasteiger charge is -2.19. The molecule has 8 nitrogen and oxygen atoms in total. The van der Waals surface area contributed by atoms with Gasteiger partial charge < -0.3 is 30.5 Å². The smallest absolute Gasteiger partial charge is 0.319 e. The van der Waals surface area contributed by atoms with Gasteiger partial charge in [-0.05, 0) is 31.9 Å². The van der Waals surface area contributed by atoms with Gasteiger partial charge >= 0.3 is 6.03 Å². The van der Waals surface area contributed by atoms with Crippen LogP contribution in [0, 0.1) is 6.92 Å². The number of carbonyl (C=O) groups excluding carboxylic acids is 2. The molecule has 2 saturated heterocycles. The van der Waals surface area contributed by atoms with Crippen molar-refractivity contribution in [1.29, 1.82) is 0 Å². The van der Waals surface area contributed by atoms with Gasteiger partial charge in [-0.25, -0.2) is 4.79 Å². The van der Waals surface area contributed by atoms with E-state index in [1.54, 1.807) is 17.0 Å². The van der Waals surface area contributed by atoms with Crippen molar-refractivity contribution in [2.24, 2.45) is 0 Å². The Kier molecular flexibility index (Phi) is 6.30. The summed E-state index contributed by atoms with van der Waals surface area (Å²) in [5, 5.41) is 25.7. The molecular formula is C19H27N3O5. The molecule has 0 spiro atoms. The molecule has 2 aliphatic rings. The fourth-order valence-electron chi connectivity index (χ4n) is 3.44. The second-order valence-electron chi connectivity index (χ2n) is 7.19. The zero-order chi connectivity index (χ0) is 19.4. The van der Waals surface area contributed by atoms with Crippen LogP contribution in [-0.4, -0.2) is 71.1 Å². The third-order valence-electron chi connectivity index (χ3n) is 5.07. The minimum atomic E-state index is -1.15. The Morgan fingerprint density at radius 3 is 2.41 bits per heavy atom. The maximum atomic E-state index is 12.2. The van der Waals surface area contributed by atoms with Crippen LogP contribution in [0.2, 0.25) is 0 Å². The summed E-state index contributed by atoms with van der Waals surface area (Å²) in [5.41, 5.74) is 1.74.